The average Bonchev–Trinajstić information content (AvgIpc) is 1.93. The fraction of sp³-hybridized carbons (Fsp3) is 0.800. The van der Waals surface area contributed by atoms with Crippen molar-refractivity contribution in [2.75, 3.05) is 7.11 Å². The Kier molecular flexibility index (Phi) is 14.9. The lowest BCUT2D eigenvalue weighted by molar-refractivity contribution is -0.140. The van der Waals surface area contributed by atoms with Gasteiger partial charge in [-0.05, 0) is 6.42 Å². The van der Waals surface area contributed by atoms with Gasteiger partial charge in [-0.2, -0.15) is 0 Å². The number of carbonyl (C=O) groups is 1. The van der Waals surface area contributed by atoms with Crippen molar-refractivity contribution in [3.05, 3.63) is 0 Å². The third kappa shape index (κ3) is 11.7. The number of hydrogen-bond acceptors (Lipinski definition) is 2. The molecular formula is C5H12AlClO2. The van der Waals surface area contributed by atoms with Crippen LogP contribution in [0.3, 0.4) is 0 Å². The number of hydrogen-bond donors (Lipinski definition) is 0. The minimum atomic E-state index is -0.123. The molecule has 0 heterocycles. The number of carbonyl (C=O) groups excluding carboxylic acids is 1. The maximum atomic E-state index is 10.2. The lowest BCUT2D eigenvalue weighted by atomic mass is 10.3. The van der Waals surface area contributed by atoms with Crippen molar-refractivity contribution in [1.82, 2.24) is 0 Å². The van der Waals surface area contributed by atoms with Crippen molar-refractivity contribution in [3.63, 3.8) is 0 Å². The molecule has 0 aliphatic rings. The highest BCUT2D eigenvalue weighted by atomic mass is 35.6. The zero-order chi connectivity index (χ0) is 7.70. The molecule has 0 aromatic heterocycles. The van der Waals surface area contributed by atoms with Crippen molar-refractivity contribution in [2.45, 2.75) is 19.8 Å². The van der Waals surface area contributed by atoms with Gasteiger partial charge in [-0.15, -0.1) is 0 Å². The molecule has 0 aliphatic heterocycles. The fourth-order valence-corrected chi connectivity index (χ4v) is 0.306. The van der Waals surface area contributed by atoms with E-state index in [4.69, 9.17) is 10.0 Å². The predicted molar refractivity (Wildman–Crippen MR) is 41.3 cm³/mol. The Balaban J connectivity index is 0. The summed E-state index contributed by atoms with van der Waals surface area (Å²) in [6, 6.07) is 0. The Morgan fingerprint density at radius 1 is 1.67 bits per heavy atom. The topological polar surface area (TPSA) is 26.3 Å². The third-order valence-corrected chi connectivity index (χ3v) is 0.682. The van der Waals surface area contributed by atoms with E-state index >= 15 is 0 Å². The fourth-order valence-electron chi connectivity index (χ4n) is 0.306. The van der Waals surface area contributed by atoms with Crippen LogP contribution in [-0.2, 0) is 9.53 Å². The largest absolute Gasteiger partial charge is 0.469 e. The number of halogens is 1. The normalized spacial score (nSPS) is 7.00. The summed E-state index contributed by atoms with van der Waals surface area (Å²) in [4.78, 5) is 10.2. The van der Waals surface area contributed by atoms with Gasteiger partial charge < -0.3 is 4.74 Å². The van der Waals surface area contributed by atoms with Gasteiger partial charge in [0.2, 0.25) is 0 Å². The Morgan fingerprint density at radius 3 is 2.22 bits per heavy atom. The molecule has 54 valence electrons. The molecule has 0 saturated heterocycles. The maximum Gasteiger partial charge on any atom is 0.353 e. The van der Waals surface area contributed by atoms with Crippen LogP contribution in [-0.4, -0.2) is 28.4 Å². The third-order valence-electron chi connectivity index (χ3n) is 0.682. The lowest BCUT2D eigenvalue weighted by Gasteiger charge is -1.91. The van der Waals surface area contributed by atoms with Crippen LogP contribution in [0.2, 0.25) is 0 Å². The summed E-state index contributed by atoms with van der Waals surface area (Å²) in [6.07, 6.45) is 1.41. The number of rotatable bonds is 2. The molecule has 0 bridgehead atoms. The molecular weight excluding hydrogens is 154 g/mol. The summed E-state index contributed by atoms with van der Waals surface area (Å²) in [6.45, 7) is 1.94. The smallest absolute Gasteiger partial charge is 0.353 e. The highest BCUT2D eigenvalue weighted by Gasteiger charge is 1.92. The molecule has 0 atom stereocenters. The van der Waals surface area contributed by atoms with E-state index in [0.717, 1.165) is 21.8 Å². The van der Waals surface area contributed by atoms with Crippen molar-refractivity contribution in [2.24, 2.45) is 0 Å². The van der Waals surface area contributed by atoms with E-state index in [1.54, 1.807) is 0 Å². The number of methoxy groups -OCH3 is 1. The molecule has 0 saturated carbocycles. The van der Waals surface area contributed by atoms with Crippen molar-refractivity contribution in [1.29, 1.82) is 0 Å². The van der Waals surface area contributed by atoms with Crippen LogP contribution in [0, 0.1) is 0 Å². The summed E-state index contributed by atoms with van der Waals surface area (Å²) in [5.41, 5.74) is 0. The van der Waals surface area contributed by atoms with E-state index in [1.165, 1.54) is 7.11 Å². The van der Waals surface area contributed by atoms with Gasteiger partial charge in [0.05, 0.1) is 7.11 Å². The molecule has 0 aliphatic carbocycles. The van der Waals surface area contributed by atoms with Gasteiger partial charge in [0.25, 0.3) is 0 Å². The standard InChI is InChI=1S/C5H10O2.Al.ClH.2H/c1-3-4-5(6)7-2;;;;/h3-4H2,1-2H3;;1H;;/q;+1;;;/p-1. The minimum absolute atomic E-state index is 0.123. The molecule has 0 radical (unpaired) electrons. The van der Waals surface area contributed by atoms with E-state index in [1.807, 2.05) is 6.92 Å². The Morgan fingerprint density at radius 2 is 2.11 bits per heavy atom. The average molecular weight is 167 g/mol. The van der Waals surface area contributed by atoms with E-state index in [2.05, 4.69) is 4.74 Å². The van der Waals surface area contributed by atoms with E-state index in [9.17, 15) is 4.79 Å². The molecule has 4 heteroatoms. The van der Waals surface area contributed by atoms with Crippen molar-refractivity contribution in [3.8, 4) is 0 Å². The molecule has 2 nitrogen and oxygen atoms in total. The van der Waals surface area contributed by atoms with Crippen molar-refractivity contribution >= 4 is 31.4 Å². The van der Waals surface area contributed by atoms with Crippen LogP contribution < -0.4 is 0 Å². The molecule has 0 fully saturated rings. The summed E-state index contributed by atoms with van der Waals surface area (Å²) in [5, 5.41) is 0. The predicted octanol–water partition coefficient (Wildman–Crippen LogP) is 0.733. The first-order valence-electron chi connectivity index (χ1n) is 2.76. The highest BCUT2D eigenvalue weighted by molar-refractivity contribution is 6.80. The van der Waals surface area contributed by atoms with Crippen LogP contribution in [0.4, 0.5) is 0 Å². The first kappa shape index (κ1) is 12.0. The van der Waals surface area contributed by atoms with Crippen molar-refractivity contribution < 1.29 is 9.53 Å². The summed E-state index contributed by atoms with van der Waals surface area (Å²) in [7, 11) is 6.18. The first-order chi connectivity index (χ1) is 4.31. The molecule has 9 heavy (non-hydrogen) atoms. The van der Waals surface area contributed by atoms with Gasteiger partial charge >= 0.3 is 21.3 Å². The van der Waals surface area contributed by atoms with Gasteiger partial charge in [0, 0.05) is 6.42 Å². The number of ether oxygens (including phenoxy) is 1. The summed E-state index contributed by atoms with van der Waals surface area (Å²) in [5.74, 6) is -0.123. The minimum Gasteiger partial charge on any atom is -0.469 e. The Bertz CT molecular complexity index is 68.0. The van der Waals surface area contributed by atoms with Gasteiger partial charge in [-0.25, -0.2) is 0 Å². The van der Waals surface area contributed by atoms with E-state index < -0.39 is 0 Å². The zero-order valence-electron chi connectivity index (χ0n) is 6.11. The second-order valence-corrected chi connectivity index (χ2v) is 1.33. The Labute approximate surface area is 68.2 Å². The molecule has 0 spiro atoms. The summed E-state index contributed by atoms with van der Waals surface area (Å²) >= 11 is 0.778. The quantitative estimate of drug-likeness (QED) is 0.447. The molecule has 0 unspecified atom stereocenters. The molecule has 0 N–H and O–H groups in total. The maximum absolute atomic E-state index is 10.2. The molecule has 0 rings (SSSR count). The highest BCUT2D eigenvalue weighted by Crippen LogP contribution is 1.86. The molecule has 0 amide bonds. The molecule has 0 aromatic rings. The zero-order valence-corrected chi connectivity index (χ0v) is 8.86. The van der Waals surface area contributed by atoms with Crippen LogP contribution in [0.25, 0.3) is 0 Å². The van der Waals surface area contributed by atoms with Gasteiger partial charge in [0.15, 0.2) is 0 Å². The lowest BCUT2D eigenvalue weighted by Crippen LogP contribution is -1.97. The second-order valence-electron chi connectivity index (χ2n) is 1.33. The SMILES string of the molecule is CCCC(=O)OC.[AlH2][Cl]. The first-order valence-corrected chi connectivity index (χ1v) is 5.78. The monoisotopic (exact) mass is 166 g/mol. The van der Waals surface area contributed by atoms with Gasteiger partial charge in [-0.1, -0.05) is 6.92 Å². The second kappa shape index (κ2) is 11.1. The Hall–Kier alpha value is 0.292. The van der Waals surface area contributed by atoms with E-state index in [-0.39, 0.29) is 5.97 Å². The number of esters is 1. The van der Waals surface area contributed by atoms with Crippen LogP contribution in [0.1, 0.15) is 19.8 Å². The van der Waals surface area contributed by atoms with Crippen LogP contribution in [0.15, 0.2) is 0 Å². The summed E-state index contributed by atoms with van der Waals surface area (Å²) < 4.78 is 4.35. The van der Waals surface area contributed by atoms with Gasteiger partial charge in [-0.3, -0.25) is 14.8 Å². The molecule has 0 aromatic carbocycles. The van der Waals surface area contributed by atoms with E-state index in [0.29, 0.717) is 6.42 Å². The van der Waals surface area contributed by atoms with Crippen LogP contribution in [0.5, 0.6) is 0 Å². The van der Waals surface area contributed by atoms with Crippen LogP contribution >= 0.6 is 10.0 Å². The van der Waals surface area contributed by atoms with Gasteiger partial charge in [0.1, 0.15) is 0 Å².